The molecule has 1 aromatic carbocycles. The van der Waals surface area contributed by atoms with Crippen LogP contribution in [0.3, 0.4) is 0 Å². The highest BCUT2D eigenvalue weighted by Gasteiger charge is 2.24. The average molecular weight is 300 g/mol. The van der Waals surface area contributed by atoms with Gasteiger partial charge in [-0.1, -0.05) is 6.92 Å². The predicted octanol–water partition coefficient (Wildman–Crippen LogP) is 0.564. The molecular formula is C13H20N2O4S. The van der Waals surface area contributed by atoms with Gasteiger partial charge in [-0.2, -0.15) is 0 Å². The Balaban J connectivity index is 2.31. The van der Waals surface area contributed by atoms with E-state index in [1.807, 2.05) is 11.9 Å². The molecule has 1 unspecified atom stereocenters. The lowest BCUT2D eigenvalue weighted by Gasteiger charge is -2.33. The second-order valence-electron chi connectivity index (χ2n) is 4.78. The Hall–Kier alpha value is -1.31. The van der Waals surface area contributed by atoms with Gasteiger partial charge in [-0.15, -0.1) is 0 Å². The summed E-state index contributed by atoms with van der Waals surface area (Å²) in [5, 5.41) is 8.71. The zero-order valence-electron chi connectivity index (χ0n) is 11.7. The third-order valence-electron chi connectivity index (χ3n) is 3.28. The fourth-order valence-corrected chi connectivity index (χ4v) is 3.20. The van der Waals surface area contributed by atoms with E-state index in [1.165, 1.54) is 6.07 Å². The van der Waals surface area contributed by atoms with Gasteiger partial charge < -0.3 is 14.7 Å². The van der Waals surface area contributed by atoms with Gasteiger partial charge in [-0.3, -0.25) is 0 Å². The summed E-state index contributed by atoms with van der Waals surface area (Å²) in [5.74, 6) is 0.701. The number of nitrogens with zero attached hydrogens (tertiary/aromatic N) is 1. The number of hydrogen-bond acceptors (Lipinski definition) is 5. The first-order chi connectivity index (χ1) is 9.47. The van der Waals surface area contributed by atoms with E-state index in [9.17, 15) is 8.42 Å². The summed E-state index contributed by atoms with van der Waals surface area (Å²) in [6.45, 7) is 2.56. The van der Waals surface area contributed by atoms with Crippen molar-refractivity contribution in [3.05, 3.63) is 18.2 Å². The maximum absolute atomic E-state index is 12.0. The first kappa shape index (κ1) is 15.1. The number of nitrogens with one attached hydrogen (secondary N) is 1. The van der Waals surface area contributed by atoms with Crippen molar-refractivity contribution in [2.45, 2.75) is 24.3 Å². The van der Waals surface area contributed by atoms with Crippen molar-refractivity contribution in [2.24, 2.45) is 0 Å². The van der Waals surface area contributed by atoms with Crippen LogP contribution in [0, 0.1) is 0 Å². The number of ether oxygens (including phenoxy) is 1. The Bertz CT molecular complexity index is 574. The highest BCUT2D eigenvalue weighted by Crippen LogP contribution is 2.35. The van der Waals surface area contributed by atoms with Crippen LogP contribution in [0.1, 0.15) is 13.3 Å². The van der Waals surface area contributed by atoms with Crippen LogP contribution in [-0.2, 0) is 10.0 Å². The quantitative estimate of drug-likeness (QED) is 0.831. The fourth-order valence-electron chi connectivity index (χ4n) is 2.16. The van der Waals surface area contributed by atoms with Gasteiger partial charge in [0, 0.05) is 13.6 Å². The number of fused-ring (bicyclic) bond motifs is 1. The Morgan fingerprint density at radius 3 is 2.90 bits per heavy atom. The zero-order chi connectivity index (χ0) is 14.8. The van der Waals surface area contributed by atoms with Gasteiger partial charge in [-0.05, 0) is 24.6 Å². The van der Waals surface area contributed by atoms with Crippen molar-refractivity contribution >= 4 is 15.7 Å². The van der Waals surface area contributed by atoms with Gasteiger partial charge in [0.2, 0.25) is 10.0 Å². The van der Waals surface area contributed by atoms with Gasteiger partial charge in [0.05, 0.1) is 23.7 Å². The second-order valence-corrected chi connectivity index (χ2v) is 6.55. The molecule has 1 aliphatic heterocycles. The van der Waals surface area contributed by atoms with Crippen molar-refractivity contribution in [2.75, 3.05) is 31.6 Å². The molecule has 1 atom stereocenters. The van der Waals surface area contributed by atoms with Crippen LogP contribution in [0.2, 0.25) is 0 Å². The van der Waals surface area contributed by atoms with Crippen LogP contribution in [0.5, 0.6) is 5.75 Å². The lowest BCUT2D eigenvalue weighted by atomic mass is 10.2. The molecule has 0 amide bonds. The smallest absolute Gasteiger partial charge is 0.240 e. The molecule has 112 valence electrons. The van der Waals surface area contributed by atoms with Gasteiger partial charge in [0.25, 0.3) is 0 Å². The van der Waals surface area contributed by atoms with E-state index in [0.717, 1.165) is 18.7 Å². The predicted molar refractivity (Wildman–Crippen MR) is 76.7 cm³/mol. The van der Waals surface area contributed by atoms with E-state index in [1.54, 1.807) is 12.1 Å². The van der Waals surface area contributed by atoms with Crippen LogP contribution in [-0.4, -0.2) is 46.4 Å². The Morgan fingerprint density at radius 2 is 2.25 bits per heavy atom. The summed E-state index contributed by atoms with van der Waals surface area (Å²) >= 11 is 0. The van der Waals surface area contributed by atoms with E-state index >= 15 is 0 Å². The number of anilines is 1. The van der Waals surface area contributed by atoms with E-state index in [-0.39, 0.29) is 24.2 Å². The molecule has 2 rings (SSSR count). The Labute approximate surface area is 119 Å². The van der Waals surface area contributed by atoms with Gasteiger partial charge in [0.15, 0.2) is 0 Å². The number of hydrogen-bond donors (Lipinski definition) is 2. The molecule has 0 aliphatic carbocycles. The van der Waals surface area contributed by atoms with Gasteiger partial charge in [-0.25, -0.2) is 13.1 Å². The fraction of sp³-hybridized carbons (Fsp3) is 0.538. The normalized spacial score (nSPS) is 18.6. The summed E-state index contributed by atoms with van der Waals surface area (Å²) in [5.41, 5.74) is 0.765. The van der Waals surface area contributed by atoms with E-state index in [0.29, 0.717) is 5.75 Å². The topological polar surface area (TPSA) is 78.9 Å². The van der Waals surface area contributed by atoms with Gasteiger partial charge >= 0.3 is 0 Å². The summed E-state index contributed by atoms with van der Waals surface area (Å²) in [6.07, 6.45) is 1.03. The van der Waals surface area contributed by atoms with Crippen LogP contribution in [0.15, 0.2) is 23.1 Å². The summed E-state index contributed by atoms with van der Waals surface area (Å²) in [6, 6.07) is 4.80. The molecule has 2 N–H and O–H groups in total. The monoisotopic (exact) mass is 300 g/mol. The molecule has 0 fully saturated rings. The third-order valence-corrected chi connectivity index (χ3v) is 4.74. The first-order valence-corrected chi connectivity index (χ1v) is 8.08. The van der Waals surface area contributed by atoms with Crippen LogP contribution in [0.25, 0.3) is 0 Å². The lowest BCUT2D eigenvalue weighted by molar-refractivity contribution is 0.191. The molecule has 7 heteroatoms. The molecule has 1 aromatic rings. The first-order valence-electron chi connectivity index (χ1n) is 6.60. The molecule has 6 nitrogen and oxygen atoms in total. The highest BCUT2D eigenvalue weighted by molar-refractivity contribution is 7.89. The molecule has 0 saturated carbocycles. The molecule has 20 heavy (non-hydrogen) atoms. The van der Waals surface area contributed by atoms with Crippen molar-refractivity contribution in [3.63, 3.8) is 0 Å². The molecule has 0 spiro atoms. The number of benzene rings is 1. The van der Waals surface area contributed by atoms with Crippen LogP contribution < -0.4 is 14.4 Å². The van der Waals surface area contributed by atoms with E-state index < -0.39 is 10.0 Å². The summed E-state index contributed by atoms with van der Waals surface area (Å²) in [4.78, 5) is 2.17. The van der Waals surface area contributed by atoms with Crippen molar-refractivity contribution in [1.82, 2.24) is 4.72 Å². The highest BCUT2D eigenvalue weighted by atomic mass is 32.2. The zero-order valence-corrected chi connectivity index (χ0v) is 12.5. The number of aliphatic hydroxyl groups is 1. The molecule has 1 heterocycles. The molecular weight excluding hydrogens is 280 g/mol. The Morgan fingerprint density at radius 1 is 1.50 bits per heavy atom. The standard InChI is InChI=1S/C13H20N2O4S/c1-3-10-9-15(2)12-8-11(4-5-13(12)19-10)20(17,18)14-6-7-16/h4-5,8,10,14,16H,3,6-7,9H2,1-2H3. The molecule has 1 aliphatic rings. The molecule has 0 bridgehead atoms. The van der Waals surface area contributed by atoms with Crippen molar-refractivity contribution in [1.29, 1.82) is 0 Å². The summed E-state index contributed by atoms with van der Waals surface area (Å²) in [7, 11) is -1.67. The van der Waals surface area contributed by atoms with Crippen molar-refractivity contribution in [3.8, 4) is 5.75 Å². The summed E-state index contributed by atoms with van der Waals surface area (Å²) < 4.78 is 32.2. The SMILES string of the molecule is CCC1CN(C)c2cc(S(=O)(=O)NCCO)ccc2O1. The number of sulfonamides is 1. The molecule has 0 saturated heterocycles. The number of aliphatic hydroxyl groups excluding tert-OH is 1. The van der Waals surface area contributed by atoms with Gasteiger partial charge in [0.1, 0.15) is 11.9 Å². The minimum absolute atomic E-state index is 0.00364. The van der Waals surface area contributed by atoms with Crippen molar-refractivity contribution < 1.29 is 18.3 Å². The minimum atomic E-state index is -3.59. The molecule has 0 radical (unpaired) electrons. The Kier molecular flexibility index (Phi) is 4.52. The van der Waals surface area contributed by atoms with E-state index in [2.05, 4.69) is 11.6 Å². The number of rotatable bonds is 5. The number of likely N-dealkylation sites (N-methyl/N-ethyl adjacent to an activating group) is 1. The third kappa shape index (κ3) is 3.05. The lowest BCUT2D eigenvalue weighted by Crippen LogP contribution is -2.37. The van der Waals surface area contributed by atoms with Crippen LogP contribution in [0.4, 0.5) is 5.69 Å². The maximum Gasteiger partial charge on any atom is 0.240 e. The maximum atomic E-state index is 12.0. The second kappa shape index (κ2) is 5.99. The average Bonchev–Trinajstić information content (AvgIpc) is 2.44. The van der Waals surface area contributed by atoms with Crippen LogP contribution >= 0.6 is 0 Å². The van der Waals surface area contributed by atoms with E-state index in [4.69, 9.17) is 9.84 Å². The minimum Gasteiger partial charge on any atom is -0.486 e. The largest absolute Gasteiger partial charge is 0.486 e. The molecule has 0 aromatic heterocycles.